The minimum atomic E-state index is -0.0850. The topological polar surface area (TPSA) is 58.2 Å². The third kappa shape index (κ3) is 4.26. The molecule has 150 valence electrons. The quantitative estimate of drug-likeness (QED) is 0.425. The summed E-state index contributed by atoms with van der Waals surface area (Å²) in [5.41, 5.74) is 2.91. The van der Waals surface area contributed by atoms with E-state index in [0.717, 1.165) is 57.5 Å². The van der Waals surface area contributed by atoms with Crippen LogP contribution in [-0.2, 0) is 0 Å². The lowest BCUT2D eigenvalue weighted by Gasteiger charge is -2.16. The molecular weight excluding hydrogens is 390 g/mol. The van der Waals surface area contributed by atoms with Crippen molar-refractivity contribution >= 4 is 33.3 Å². The third-order valence-electron chi connectivity index (χ3n) is 4.88. The summed E-state index contributed by atoms with van der Waals surface area (Å²) in [4.78, 5) is 24.9. The molecule has 0 aliphatic rings. The Morgan fingerprint density at radius 3 is 2.68 bits per heavy atom. The minimum Gasteiger partial charge on any atom is -0.496 e. The number of hydrogen-bond acceptors (Lipinski definition) is 6. The number of ether oxygens (including phenoxy) is 1. The molecule has 0 saturated carbocycles. The summed E-state index contributed by atoms with van der Waals surface area (Å²) in [6.07, 6.45) is 0. The van der Waals surface area contributed by atoms with Gasteiger partial charge in [-0.3, -0.25) is 4.79 Å². The number of methoxy groups -OCH3 is 1. The van der Waals surface area contributed by atoms with E-state index in [2.05, 4.69) is 29.8 Å². The molecule has 2 heterocycles. The van der Waals surface area contributed by atoms with Crippen molar-refractivity contribution in [1.29, 1.82) is 0 Å². The van der Waals surface area contributed by atoms with Gasteiger partial charge in [-0.15, -0.1) is 11.3 Å². The minimum absolute atomic E-state index is 0.0850. The van der Waals surface area contributed by atoms with Gasteiger partial charge in [0.1, 0.15) is 10.6 Å². The molecule has 0 fully saturated rings. The first-order chi connectivity index (χ1) is 13.5. The molecule has 0 radical (unpaired) electrons. The van der Waals surface area contributed by atoms with Crippen LogP contribution in [0.3, 0.4) is 0 Å². The zero-order chi connectivity index (χ0) is 20.3. The fourth-order valence-electron chi connectivity index (χ4n) is 3.32. The van der Waals surface area contributed by atoms with Crippen molar-refractivity contribution in [1.82, 2.24) is 14.9 Å². The zero-order valence-electron chi connectivity index (χ0n) is 17.1. The molecule has 0 spiro atoms. The number of aromatic nitrogens is 2. The summed E-state index contributed by atoms with van der Waals surface area (Å²) in [5.74, 6) is 1.67. The van der Waals surface area contributed by atoms with E-state index in [1.54, 1.807) is 30.2 Å². The summed E-state index contributed by atoms with van der Waals surface area (Å²) in [6.45, 7) is 11.5. The SMILES string of the molecule is CCN(CC)CCSc1nc2sc(C)c(-c3cc(C)ccc3OC)c2c(=O)[nH]1. The number of aromatic amines is 1. The predicted molar refractivity (Wildman–Crippen MR) is 120 cm³/mol. The van der Waals surface area contributed by atoms with Crippen LogP contribution in [0, 0.1) is 13.8 Å². The van der Waals surface area contributed by atoms with Crippen molar-refractivity contribution in [2.45, 2.75) is 32.9 Å². The molecule has 1 aromatic carbocycles. The van der Waals surface area contributed by atoms with Crippen LogP contribution in [0.15, 0.2) is 28.2 Å². The summed E-state index contributed by atoms with van der Waals surface area (Å²) in [6, 6.07) is 6.03. The molecule has 0 aliphatic heterocycles. The van der Waals surface area contributed by atoms with E-state index in [1.807, 2.05) is 26.0 Å². The highest BCUT2D eigenvalue weighted by molar-refractivity contribution is 7.99. The average Bonchev–Trinajstić information content (AvgIpc) is 3.01. The first-order valence-corrected chi connectivity index (χ1v) is 11.3. The summed E-state index contributed by atoms with van der Waals surface area (Å²) >= 11 is 3.17. The first-order valence-electron chi connectivity index (χ1n) is 9.52. The van der Waals surface area contributed by atoms with Gasteiger partial charge in [0.05, 0.1) is 12.5 Å². The maximum absolute atomic E-state index is 12.9. The Hall–Kier alpha value is -1.83. The second-order valence-electron chi connectivity index (χ2n) is 6.66. The predicted octanol–water partition coefficient (Wildman–Crippen LogP) is 4.71. The molecule has 2 aromatic heterocycles. The van der Waals surface area contributed by atoms with E-state index in [-0.39, 0.29) is 5.56 Å². The highest BCUT2D eigenvalue weighted by Gasteiger charge is 2.19. The maximum Gasteiger partial charge on any atom is 0.260 e. The second kappa shape index (κ2) is 9.11. The van der Waals surface area contributed by atoms with E-state index >= 15 is 0 Å². The Balaban J connectivity index is 1.99. The monoisotopic (exact) mass is 417 g/mol. The summed E-state index contributed by atoms with van der Waals surface area (Å²) in [5, 5.41) is 1.34. The van der Waals surface area contributed by atoms with E-state index in [9.17, 15) is 4.79 Å². The smallest absolute Gasteiger partial charge is 0.260 e. The fourth-order valence-corrected chi connectivity index (χ4v) is 5.28. The van der Waals surface area contributed by atoms with E-state index in [1.165, 1.54) is 0 Å². The van der Waals surface area contributed by atoms with E-state index < -0.39 is 0 Å². The van der Waals surface area contributed by atoms with Gasteiger partial charge in [-0.1, -0.05) is 37.2 Å². The normalized spacial score (nSPS) is 11.5. The van der Waals surface area contributed by atoms with Gasteiger partial charge in [0.25, 0.3) is 5.56 Å². The van der Waals surface area contributed by atoms with Gasteiger partial charge < -0.3 is 14.6 Å². The van der Waals surface area contributed by atoms with Crippen LogP contribution >= 0.6 is 23.1 Å². The number of fused-ring (bicyclic) bond motifs is 1. The van der Waals surface area contributed by atoms with Crippen molar-refractivity contribution < 1.29 is 4.74 Å². The molecule has 3 rings (SSSR count). The Labute approximate surface area is 174 Å². The number of benzene rings is 1. The molecule has 28 heavy (non-hydrogen) atoms. The Morgan fingerprint density at radius 1 is 1.25 bits per heavy atom. The molecule has 0 unspecified atom stereocenters. The van der Waals surface area contributed by atoms with Crippen LogP contribution in [-0.4, -0.2) is 47.4 Å². The number of thiophene rings is 1. The molecule has 0 aliphatic carbocycles. The Bertz CT molecular complexity index is 1020. The van der Waals surface area contributed by atoms with Crippen LogP contribution in [0.2, 0.25) is 0 Å². The number of thioether (sulfide) groups is 1. The van der Waals surface area contributed by atoms with Gasteiger partial charge in [-0.05, 0) is 39.1 Å². The average molecular weight is 418 g/mol. The van der Waals surface area contributed by atoms with Crippen LogP contribution in [0.4, 0.5) is 0 Å². The van der Waals surface area contributed by atoms with Crippen LogP contribution in [0.1, 0.15) is 24.3 Å². The number of rotatable bonds is 8. The molecular formula is C21H27N3O2S2. The van der Waals surface area contributed by atoms with Gasteiger partial charge in [0.2, 0.25) is 0 Å². The molecule has 5 nitrogen and oxygen atoms in total. The van der Waals surface area contributed by atoms with Crippen LogP contribution in [0.25, 0.3) is 21.3 Å². The standard InChI is InChI=1S/C21H27N3O2S2/c1-6-24(7-2)10-11-27-21-22-19(25)18-17(14(4)28-20(18)23-21)15-12-13(3)8-9-16(15)26-5/h8-9,12H,6-7,10-11H2,1-5H3,(H,22,23,25). The first kappa shape index (κ1) is 20.9. The number of hydrogen-bond donors (Lipinski definition) is 1. The van der Waals surface area contributed by atoms with Crippen molar-refractivity contribution in [3.8, 4) is 16.9 Å². The Morgan fingerprint density at radius 2 is 2.00 bits per heavy atom. The highest BCUT2D eigenvalue weighted by atomic mass is 32.2. The lowest BCUT2D eigenvalue weighted by Crippen LogP contribution is -2.25. The lowest BCUT2D eigenvalue weighted by atomic mass is 10.0. The molecule has 1 N–H and O–H groups in total. The van der Waals surface area contributed by atoms with Gasteiger partial charge >= 0.3 is 0 Å². The summed E-state index contributed by atoms with van der Waals surface area (Å²) in [7, 11) is 1.66. The number of aryl methyl sites for hydroxylation is 2. The number of nitrogens with one attached hydrogen (secondary N) is 1. The van der Waals surface area contributed by atoms with Crippen LogP contribution in [0.5, 0.6) is 5.75 Å². The van der Waals surface area contributed by atoms with Crippen molar-refractivity contribution in [3.05, 3.63) is 39.0 Å². The highest BCUT2D eigenvalue weighted by Crippen LogP contribution is 2.40. The molecule has 0 bridgehead atoms. The van der Waals surface area contributed by atoms with Gasteiger partial charge in [-0.25, -0.2) is 4.98 Å². The van der Waals surface area contributed by atoms with E-state index in [0.29, 0.717) is 10.5 Å². The second-order valence-corrected chi connectivity index (χ2v) is 8.95. The Kier molecular flexibility index (Phi) is 6.80. The molecule has 0 saturated heterocycles. The largest absolute Gasteiger partial charge is 0.496 e. The van der Waals surface area contributed by atoms with Gasteiger partial charge in [0, 0.05) is 28.3 Å². The van der Waals surface area contributed by atoms with Crippen molar-refractivity contribution in [2.75, 3.05) is 32.5 Å². The van der Waals surface area contributed by atoms with Crippen LogP contribution < -0.4 is 10.3 Å². The third-order valence-corrected chi connectivity index (χ3v) is 6.73. The summed E-state index contributed by atoms with van der Waals surface area (Å²) < 4.78 is 5.55. The lowest BCUT2D eigenvalue weighted by molar-refractivity contribution is 0.324. The molecule has 3 aromatic rings. The number of nitrogens with zero attached hydrogens (tertiary/aromatic N) is 2. The van der Waals surface area contributed by atoms with Gasteiger partial charge in [-0.2, -0.15) is 0 Å². The van der Waals surface area contributed by atoms with Crippen molar-refractivity contribution in [3.63, 3.8) is 0 Å². The fraction of sp³-hybridized carbons (Fsp3) is 0.429. The number of H-pyrrole nitrogens is 1. The zero-order valence-corrected chi connectivity index (χ0v) is 18.7. The molecule has 0 amide bonds. The maximum atomic E-state index is 12.9. The molecule has 7 heteroatoms. The van der Waals surface area contributed by atoms with Crippen molar-refractivity contribution in [2.24, 2.45) is 0 Å². The molecule has 0 atom stereocenters. The van der Waals surface area contributed by atoms with Gasteiger partial charge in [0.15, 0.2) is 5.16 Å². The van der Waals surface area contributed by atoms with E-state index in [4.69, 9.17) is 9.72 Å².